The zero-order valence-electron chi connectivity index (χ0n) is 16.2. The number of halogens is 3. The van der Waals surface area contributed by atoms with Crippen LogP contribution in [0.5, 0.6) is 11.5 Å². The molecule has 3 aromatic carbocycles. The van der Waals surface area contributed by atoms with E-state index in [1.54, 1.807) is 13.2 Å². The summed E-state index contributed by atoms with van der Waals surface area (Å²) < 4.78 is 50.0. The van der Waals surface area contributed by atoms with E-state index in [0.717, 1.165) is 23.3 Å². The third-order valence-electron chi connectivity index (χ3n) is 4.82. The third kappa shape index (κ3) is 3.43. The molecule has 0 unspecified atom stereocenters. The maximum atomic E-state index is 12.9. The van der Waals surface area contributed by atoms with Crippen molar-refractivity contribution in [1.29, 1.82) is 0 Å². The number of aromatic nitrogens is 2. The normalized spacial score (nSPS) is 11.5. The monoisotopic (exact) mass is 410 g/mol. The van der Waals surface area contributed by atoms with Crippen LogP contribution in [0, 0.1) is 0 Å². The molecule has 4 rings (SSSR count). The summed E-state index contributed by atoms with van der Waals surface area (Å²) in [5, 5.41) is 0.647. The number of alkyl halides is 3. The van der Waals surface area contributed by atoms with Crippen LogP contribution in [0.4, 0.5) is 13.2 Å². The summed E-state index contributed by atoms with van der Waals surface area (Å²) in [5.74, 6) is 1.00. The van der Waals surface area contributed by atoms with E-state index in [2.05, 4.69) is 9.97 Å². The van der Waals surface area contributed by atoms with Gasteiger partial charge in [-0.15, -0.1) is 0 Å². The first-order valence-electron chi connectivity index (χ1n) is 9.06. The zero-order chi connectivity index (χ0) is 21.3. The van der Waals surface area contributed by atoms with Gasteiger partial charge in [0, 0.05) is 10.9 Å². The van der Waals surface area contributed by atoms with Gasteiger partial charge in [0.15, 0.2) is 11.5 Å². The SMILES string of the molecule is COc1cc2c(-c3ccc(C(F)(F)F)cc3)ncnc2c(-c2ccccc2)c1OC. The second-order valence-electron chi connectivity index (χ2n) is 6.55. The molecular formula is C23H17F3N2O2. The maximum Gasteiger partial charge on any atom is 0.416 e. The molecule has 0 saturated heterocycles. The Morgan fingerprint density at radius 2 is 1.50 bits per heavy atom. The van der Waals surface area contributed by atoms with Crippen LogP contribution >= 0.6 is 0 Å². The van der Waals surface area contributed by atoms with Crippen LogP contribution in [0.25, 0.3) is 33.3 Å². The summed E-state index contributed by atoms with van der Waals surface area (Å²) in [5.41, 5.74) is 2.55. The molecule has 0 aliphatic heterocycles. The molecule has 0 atom stereocenters. The van der Waals surface area contributed by atoms with E-state index in [9.17, 15) is 13.2 Å². The molecule has 0 bridgehead atoms. The van der Waals surface area contributed by atoms with Gasteiger partial charge in [0.1, 0.15) is 6.33 Å². The van der Waals surface area contributed by atoms with Crippen molar-refractivity contribution in [1.82, 2.24) is 9.97 Å². The zero-order valence-corrected chi connectivity index (χ0v) is 16.2. The van der Waals surface area contributed by atoms with Gasteiger partial charge in [0.05, 0.1) is 36.6 Å². The van der Waals surface area contributed by atoms with Crippen LogP contribution in [-0.4, -0.2) is 24.2 Å². The molecule has 4 nitrogen and oxygen atoms in total. The molecule has 7 heteroatoms. The highest BCUT2D eigenvalue weighted by Gasteiger charge is 2.30. The van der Waals surface area contributed by atoms with E-state index < -0.39 is 11.7 Å². The van der Waals surface area contributed by atoms with Crippen molar-refractivity contribution in [2.24, 2.45) is 0 Å². The standard InChI is InChI=1S/C23H17F3N2O2/c1-29-18-12-17-20(15-8-10-16(11-9-15)23(24,25)26)27-13-28-21(17)19(22(18)30-2)14-6-4-3-5-7-14/h3-13H,1-2H3. The highest BCUT2D eigenvalue weighted by atomic mass is 19.4. The number of benzene rings is 3. The summed E-state index contributed by atoms with van der Waals surface area (Å²) in [6, 6.07) is 16.2. The molecule has 0 fully saturated rings. The molecule has 152 valence electrons. The first kappa shape index (κ1) is 19.7. The quantitative estimate of drug-likeness (QED) is 0.414. The molecule has 1 heterocycles. The van der Waals surface area contributed by atoms with Crippen molar-refractivity contribution in [3.63, 3.8) is 0 Å². The third-order valence-corrected chi connectivity index (χ3v) is 4.82. The van der Waals surface area contributed by atoms with E-state index >= 15 is 0 Å². The number of nitrogens with zero attached hydrogens (tertiary/aromatic N) is 2. The lowest BCUT2D eigenvalue weighted by Gasteiger charge is -2.17. The molecule has 0 aliphatic carbocycles. The van der Waals surface area contributed by atoms with Crippen molar-refractivity contribution in [3.8, 4) is 33.9 Å². The lowest BCUT2D eigenvalue weighted by molar-refractivity contribution is -0.137. The second kappa shape index (κ2) is 7.67. The summed E-state index contributed by atoms with van der Waals surface area (Å²) in [6.45, 7) is 0. The van der Waals surface area contributed by atoms with Gasteiger partial charge in [-0.25, -0.2) is 9.97 Å². The maximum absolute atomic E-state index is 12.9. The summed E-state index contributed by atoms with van der Waals surface area (Å²) in [6.07, 6.45) is -3.00. The summed E-state index contributed by atoms with van der Waals surface area (Å²) in [4.78, 5) is 8.80. The fourth-order valence-corrected chi connectivity index (χ4v) is 3.43. The molecule has 30 heavy (non-hydrogen) atoms. The van der Waals surface area contributed by atoms with Crippen molar-refractivity contribution in [3.05, 3.63) is 72.6 Å². The van der Waals surface area contributed by atoms with Crippen molar-refractivity contribution in [2.75, 3.05) is 14.2 Å². The van der Waals surface area contributed by atoms with Crippen molar-refractivity contribution in [2.45, 2.75) is 6.18 Å². The van der Waals surface area contributed by atoms with Gasteiger partial charge in [0.2, 0.25) is 0 Å². The highest BCUT2D eigenvalue weighted by Crippen LogP contribution is 2.45. The number of rotatable bonds is 4. The molecule has 1 aromatic heterocycles. The van der Waals surface area contributed by atoms with Gasteiger partial charge in [-0.05, 0) is 23.8 Å². The number of fused-ring (bicyclic) bond motifs is 1. The van der Waals surface area contributed by atoms with Gasteiger partial charge >= 0.3 is 6.18 Å². The Morgan fingerprint density at radius 3 is 2.10 bits per heavy atom. The van der Waals surface area contributed by atoms with E-state index in [1.807, 2.05) is 30.3 Å². The summed E-state index contributed by atoms with van der Waals surface area (Å²) in [7, 11) is 3.08. The first-order chi connectivity index (χ1) is 14.4. The second-order valence-corrected chi connectivity index (χ2v) is 6.55. The Labute approximate surface area is 170 Å². The Kier molecular flexibility index (Phi) is 5.03. The minimum atomic E-state index is -4.40. The van der Waals surface area contributed by atoms with Crippen LogP contribution in [0.15, 0.2) is 67.0 Å². The molecule has 0 amide bonds. The Bertz CT molecular complexity index is 1190. The lowest BCUT2D eigenvalue weighted by atomic mass is 9.97. The van der Waals surface area contributed by atoms with Crippen LogP contribution in [-0.2, 0) is 6.18 Å². The molecule has 0 radical (unpaired) electrons. The highest BCUT2D eigenvalue weighted by molar-refractivity contribution is 6.04. The van der Waals surface area contributed by atoms with E-state index in [4.69, 9.17) is 9.47 Å². The van der Waals surface area contributed by atoms with Crippen LogP contribution in [0.1, 0.15) is 5.56 Å². The van der Waals surface area contributed by atoms with Gasteiger partial charge in [-0.2, -0.15) is 13.2 Å². The number of hydrogen-bond donors (Lipinski definition) is 0. The van der Waals surface area contributed by atoms with Gasteiger partial charge in [-0.1, -0.05) is 42.5 Å². The minimum absolute atomic E-state index is 0.479. The van der Waals surface area contributed by atoms with E-state index in [0.29, 0.717) is 33.7 Å². The largest absolute Gasteiger partial charge is 0.493 e. The number of hydrogen-bond acceptors (Lipinski definition) is 4. The Hall–Kier alpha value is -3.61. The van der Waals surface area contributed by atoms with Gasteiger partial charge in [-0.3, -0.25) is 0 Å². The smallest absolute Gasteiger partial charge is 0.416 e. The van der Waals surface area contributed by atoms with Crippen LogP contribution in [0.3, 0.4) is 0 Å². The predicted molar refractivity (Wildman–Crippen MR) is 109 cm³/mol. The molecule has 0 aliphatic rings. The van der Waals surface area contributed by atoms with Crippen LogP contribution in [0.2, 0.25) is 0 Å². The fraction of sp³-hybridized carbons (Fsp3) is 0.130. The topological polar surface area (TPSA) is 44.2 Å². The fourth-order valence-electron chi connectivity index (χ4n) is 3.43. The van der Waals surface area contributed by atoms with Crippen molar-refractivity contribution < 1.29 is 22.6 Å². The Balaban J connectivity index is 2.00. The number of ether oxygens (including phenoxy) is 2. The minimum Gasteiger partial charge on any atom is -0.493 e. The average Bonchev–Trinajstić information content (AvgIpc) is 2.77. The Morgan fingerprint density at radius 1 is 0.800 bits per heavy atom. The first-order valence-corrected chi connectivity index (χ1v) is 9.06. The van der Waals surface area contributed by atoms with E-state index in [-0.39, 0.29) is 0 Å². The lowest BCUT2D eigenvalue weighted by Crippen LogP contribution is -2.04. The van der Waals surface area contributed by atoms with Crippen molar-refractivity contribution >= 4 is 10.9 Å². The van der Waals surface area contributed by atoms with Gasteiger partial charge in [0.25, 0.3) is 0 Å². The molecule has 0 spiro atoms. The average molecular weight is 410 g/mol. The number of methoxy groups -OCH3 is 2. The molecule has 0 saturated carbocycles. The molecule has 4 aromatic rings. The van der Waals surface area contributed by atoms with Crippen LogP contribution < -0.4 is 9.47 Å². The van der Waals surface area contributed by atoms with Gasteiger partial charge < -0.3 is 9.47 Å². The summed E-state index contributed by atoms with van der Waals surface area (Å²) >= 11 is 0. The van der Waals surface area contributed by atoms with E-state index in [1.165, 1.54) is 25.6 Å². The predicted octanol–water partition coefficient (Wildman–Crippen LogP) is 6.00. The molecular weight excluding hydrogens is 393 g/mol. The molecule has 0 N–H and O–H groups in total.